The van der Waals surface area contributed by atoms with Crippen LogP contribution in [0, 0.1) is 5.92 Å². The molecule has 14 heteroatoms. The van der Waals surface area contributed by atoms with Gasteiger partial charge >= 0.3 is 6.18 Å². The van der Waals surface area contributed by atoms with E-state index in [1.165, 1.54) is 10.6 Å². The van der Waals surface area contributed by atoms with Crippen molar-refractivity contribution in [1.29, 1.82) is 0 Å². The first-order valence-electron chi connectivity index (χ1n) is 12.5. The summed E-state index contributed by atoms with van der Waals surface area (Å²) < 4.78 is 45.3. The smallest absolute Gasteiger partial charge is 0.417 e. The number of nitrogen functional groups attached to an aromatic ring is 1. The number of halogens is 3. The number of nitrogens with zero attached hydrogens (tertiary/aromatic N) is 9. The van der Waals surface area contributed by atoms with E-state index in [1.807, 2.05) is 4.90 Å². The molecule has 4 aromatic rings. The molecule has 6 heterocycles. The van der Waals surface area contributed by atoms with Gasteiger partial charge in [0.2, 0.25) is 17.7 Å². The van der Waals surface area contributed by atoms with E-state index in [0.717, 1.165) is 70.9 Å². The molecule has 38 heavy (non-hydrogen) atoms. The molecule has 0 spiro atoms. The number of fused-ring (bicyclic) bond motifs is 1. The van der Waals surface area contributed by atoms with Crippen LogP contribution in [0.1, 0.15) is 18.4 Å². The lowest BCUT2D eigenvalue weighted by Crippen LogP contribution is -2.50. The third-order valence-electron chi connectivity index (χ3n) is 7.05. The summed E-state index contributed by atoms with van der Waals surface area (Å²) in [6, 6.07) is 6.08. The Morgan fingerprint density at radius 3 is 2.55 bits per heavy atom. The number of hydrogen-bond acceptors (Lipinski definition) is 10. The molecular weight excluding hydrogens is 501 g/mol. The fourth-order valence-electron chi connectivity index (χ4n) is 5.11. The number of hydrogen-bond donors (Lipinski definition) is 1. The van der Waals surface area contributed by atoms with E-state index in [0.29, 0.717) is 35.0 Å². The van der Waals surface area contributed by atoms with Crippen LogP contribution >= 0.6 is 0 Å². The van der Waals surface area contributed by atoms with Gasteiger partial charge in [-0.05, 0) is 43.0 Å². The maximum absolute atomic E-state index is 12.8. The molecule has 200 valence electrons. The molecule has 0 saturated carbocycles. The lowest BCUT2D eigenvalue weighted by molar-refractivity contribution is -0.137. The Hall–Kier alpha value is -3.94. The third-order valence-corrected chi connectivity index (χ3v) is 7.05. The molecule has 2 saturated heterocycles. The highest BCUT2D eigenvalue weighted by atomic mass is 19.4. The third kappa shape index (κ3) is 4.95. The number of furan rings is 1. The Labute approximate surface area is 216 Å². The van der Waals surface area contributed by atoms with E-state index < -0.39 is 11.7 Å². The van der Waals surface area contributed by atoms with Crippen LogP contribution in [0.5, 0.6) is 0 Å². The molecule has 11 nitrogen and oxygen atoms in total. The molecule has 0 aromatic carbocycles. The van der Waals surface area contributed by atoms with E-state index in [-0.39, 0.29) is 5.95 Å². The van der Waals surface area contributed by atoms with Crippen molar-refractivity contribution in [3.05, 3.63) is 42.3 Å². The second kappa shape index (κ2) is 9.74. The molecule has 0 amide bonds. The Balaban J connectivity index is 1.07. The van der Waals surface area contributed by atoms with Gasteiger partial charge in [-0.15, -0.1) is 5.10 Å². The minimum atomic E-state index is -4.38. The van der Waals surface area contributed by atoms with Crippen LogP contribution in [0.2, 0.25) is 0 Å². The Kier molecular flexibility index (Phi) is 6.26. The molecule has 0 radical (unpaired) electrons. The number of rotatable bonds is 5. The van der Waals surface area contributed by atoms with Crippen molar-refractivity contribution in [2.24, 2.45) is 5.92 Å². The van der Waals surface area contributed by atoms with Crippen LogP contribution < -0.4 is 15.5 Å². The standard InChI is InChI=1S/C24H27F3N10O/c25-24(26,27)17-5-6-19(29-13-17)35-10-8-34(9-11-35)14-16-3-1-7-36(15-16)22-31-21(28)37-23(32-22)30-20(33-37)18-4-2-12-38-18/h2,4-6,12-13,16H,1,3,7-11,14-15H2,(H2,28,30,31,32,33). The zero-order chi connectivity index (χ0) is 26.3. The van der Waals surface area contributed by atoms with Crippen LogP contribution in [0.3, 0.4) is 0 Å². The number of piperidine rings is 1. The van der Waals surface area contributed by atoms with Gasteiger partial charge in [-0.25, -0.2) is 4.98 Å². The van der Waals surface area contributed by atoms with E-state index in [1.54, 1.807) is 18.4 Å². The van der Waals surface area contributed by atoms with Crippen molar-refractivity contribution in [1.82, 2.24) is 34.4 Å². The topological polar surface area (TPSA) is 118 Å². The molecule has 2 N–H and O–H groups in total. The fraction of sp³-hybridized carbons (Fsp3) is 0.458. The highest BCUT2D eigenvalue weighted by molar-refractivity contribution is 5.53. The van der Waals surface area contributed by atoms with Crippen LogP contribution in [-0.2, 0) is 6.18 Å². The van der Waals surface area contributed by atoms with Crippen LogP contribution in [0.4, 0.5) is 30.9 Å². The average Bonchev–Trinajstić information content (AvgIpc) is 3.60. The zero-order valence-electron chi connectivity index (χ0n) is 20.5. The SMILES string of the molecule is Nc1nc(N2CCCC(CN3CCN(c4ccc(C(F)(F)F)cn4)CC3)C2)nc2nc(-c3ccco3)nn12. The van der Waals surface area contributed by atoms with Gasteiger partial charge < -0.3 is 20.0 Å². The van der Waals surface area contributed by atoms with Crippen molar-refractivity contribution < 1.29 is 17.6 Å². The molecule has 1 unspecified atom stereocenters. The Bertz CT molecular complexity index is 1380. The fourth-order valence-corrected chi connectivity index (χ4v) is 5.11. The summed E-state index contributed by atoms with van der Waals surface area (Å²) in [6.45, 7) is 5.64. The second-order valence-electron chi connectivity index (χ2n) is 9.65. The first kappa shape index (κ1) is 24.4. The summed E-state index contributed by atoms with van der Waals surface area (Å²) in [4.78, 5) is 24.2. The second-order valence-corrected chi connectivity index (χ2v) is 9.65. The van der Waals surface area contributed by atoms with E-state index in [2.05, 4.69) is 34.8 Å². The number of anilines is 3. The van der Waals surface area contributed by atoms with Gasteiger partial charge in [0, 0.05) is 52.0 Å². The first-order valence-corrected chi connectivity index (χ1v) is 12.5. The summed E-state index contributed by atoms with van der Waals surface area (Å²) in [5.74, 6) is 3.06. The van der Waals surface area contributed by atoms with Gasteiger partial charge in [0.25, 0.3) is 5.78 Å². The normalized spacial score (nSPS) is 19.4. The molecule has 2 fully saturated rings. The number of aromatic nitrogens is 6. The van der Waals surface area contributed by atoms with Crippen molar-refractivity contribution in [3.63, 3.8) is 0 Å². The van der Waals surface area contributed by atoms with Gasteiger partial charge in [0.15, 0.2) is 5.76 Å². The zero-order valence-corrected chi connectivity index (χ0v) is 20.5. The first-order chi connectivity index (χ1) is 18.3. The highest BCUT2D eigenvalue weighted by Gasteiger charge is 2.31. The summed E-state index contributed by atoms with van der Waals surface area (Å²) >= 11 is 0. The van der Waals surface area contributed by atoms with Gasteiger partial charge in [-0.1, -0.05) is 0 Å². The predicted molar refractivity (Wildman–Crippen MR) is 134 cm³/mol. The molecule has 0 aliphatic carbocycles. The molecule has 2 aliphatic heterocycles. The number of alkyl halides is 3. The number of piperazine rings is 1. The van der Waals surface area contributed by atoms with Gasteiger partial charge in [-0.2, -0.15) is 32.6 Å². The lowest BCUT2D eigenvalue weighted by Gasteiger charge is -2.39. The summed E-state index contributed by atoms with van der Waals surface area (Å²) in [7, 11) is 0. The highest BCUT2D eigenvalue weighted by Crippen LogP contribution is 2.30. The minimum Gasteiger partial charge on any atom is -0.461 e. The van der Waals surface area contributed by atoms with Crippen molar-refractivity contribution in [3.8, 4) is 11.6 Å². The minimum absolute atomic E-state index is 0.213. The molecular formula is C24H27F3N10O. The molecule has 2 aliphatic rings. The summed E-state index contributed by atoms with van der Waals surface area (Å²) in [6.07, 6.45) is 0.197. The Morgan fingerprint density at radius 1 is 1.00 bits per heavy atom. The predicted octanol–water partition coefficient (Wildman–Crippen LogP) is 2.81. The molecule has 6 rings (SSSR count). The summed E-state index contributed by atoms with van der Waals surface area (Å²) in [5, 5.41) is 4.35. The van der Waals surface area contributed by atoms with Crippen LogP contribution in [-0.4, -0.2) is 80.3 Å². The van der Waals surface area contributed by atoms with Gasteiger partial charge in [-0.3, -0.25) is 4.90 Å². The summed E-state index contributed by atoms with van der Waals surface area (Å²) in [5.41, 5.74) is 5.46. The van der Waals surface area contributed by atoms with Gasteiger partial charge in [0.05, 0.1) is 11.8 Å². The monoisotopic (exact) mass is 528 g/mol. The maximum atomic E-state index is 12.8. The molecule has 4 aromatic heterocycles. The number of nitrogens with two attached hydrogens (primary N) is 1. The van der Waals surface area contributed by atoms with E-state index in [4.69, 9.17) is 10.2 Å². The number of pyridine rings is 1. The maximum Gasteiger partial charge on any atom is 0.417 e. The Morgan fingerprint density at radius 2 is 1.84 bits per heavy atom. The van der Waals surface area contributed by atoms with E-state index >= 15 is 0 Å². The quantitative estimate of drug-likeness (QED) is 0.414. The van der Waals surface area contributed by atoms with Crippen molar-refractivity contribution in [2.75, 3.05) is 61.3 Å². The van der Waals surface area contributed by atoms with Crippen molar-refractivity contribution >= 4 is 23.5 Å². The van der Waals surface area contributed by atoms with E-state index in [9.17, 15) is 13.2 Å². The van der Waals surface area contributed by atoms with Gasteiger partial charge in [0.1, 0.15) is 5.82 Å². The van der Waals surface area contributed by atoms with Crippen LogP contribution in [0.15, 0.2) is 41.1 Å². The average molecular weight is 529 g/mol. The molecule has 0 bridgehead atoms. The lowest BCUT2D eigenvalue weighted by atomic mass is 9.97. The molecule has 1 atom stereocenters. The van der Waals surface area contributed by atoms with Crippen molar-refractivity contribution in [2.45, 2.75) is 19.0 Å². The van der Waals surface area contributed by atoms with Crippen LogP contribution in [0.25, 0.3) is 17.4 Å². The largest absolute Gasteiger partial charge is 0.461 e.